The molecule has 0 saturated carbocycles. The third kappa shape index (κ3) is 2.05. The third-order valence-electron chi connectivity index (χ3n) is 2.49. The second-order valence-electron chi connectivity index (χ2n) is 3.58. The summed E-state index contributed by atoms with van der Waals surface area (Å²) in [7, 11) is 0. The van der Waals surface area contributed by atoms with Crippen molar-refractivity contribution in [2.45, 2.75) is 13.0 Å². The van der Waals surface area contributed by atoms with Crippen LogP contribution in [0.3, 0.4) is 0 Å². The van der Waals surface area contributed by atoms with Gasteiger partial charge in [0.05, 0.1) is 16.1 Å². The minimum absolute atomic E-state index is 0.590. The molecule has 1 N–H and O–H groups in total. The molecule has 0 spiro atoms. The van der Waals surface area contributed by atoms with Crippen LogP contribution in [0.4, 0.5) is 0 Å². The first-order valence-electron chi connectivity index (χ1n) is 5.03. The van der Waals surface area contributed by atoms with E-state index in [9.17, 15) is 5.11 Å². The normalized spacial score (nSPS) is 12.4. The molecule has 3 heteroatoms. The van der Waals surface area contributed by atoms with Crippen molar-refractivity contribution in [1.29, 1.82) is 0 Å². The Hall–Kier alpha value is -1.45. The predicted molar refractivity (Wildman–Crippen MR) is 67.4 cm³/mol. The lowest BCUT2D eigenvalue weighted by Crippen LogP contribution is -1.99. The van der Waals surface area contributed by atoms with Gasteiger partial charge in [0.1, 0.15) is 6.10 Å². The first kappa shape index (κ1) is 11.0. The number of hydrogen-bond donors (Lipinski definition) is 1. The molecule has 1 unspecified atom stereocenters. The highest BCUT2D eigenvalue weighted by molar-refractivity contribution is 7.09. The van der Waals surface area contributed by atoms with Crippen LogP contribution in [0.5, 0.6) is 0 Å². The summed E-state index contributed by atoms with van der Waals surface area (Å²) < 4.78 is 0. The summed E-state index contributed by atoms with van der Waals surface area (Å²) in [5, 5.41) is 10.2. The molecule has 0 aliphatic carbocycles. The van der Waals surface area contributed by atoms with Gasteiger partial charge < -0.3 is 5.11 Å². The predicted octanol–water partition coefficient (Wildman–Crippen LogP) is 3.18. The van der Waals surface area contributed by atoms with Gasteiger partial charge in [-0.1, -0.05) is 30.9 Å². The molecular formula is C13H13NOS. The van der Waals surface area contributed by atoms with Crippen molar-refractivity contribution >= 4 is 17.4 Å². The highest BCUT2D eigenvalue weighted by atomic mass is 32.1. The van der Waals surface area contributed by atoms with E-state index in [1.54, 1.807) is 11.6 Å². The summed E-state index contributed by atoms with van der Waals surface area (Å²) in [6.07, 6.45) is 1.18. The second kappa shape index (κ2) is 4.60. The lowest BCUT2D eigenvalue weighted by atomic mass is 10.0. The molecule has 82 valence electrons. The van der Waals surface area contributed by atoms with E-state index in [1.807, 2.05) is 31.2 Å². The Morgan fingerprint density at radius 2 is 2.31 bits per heavy atom. The number of aliphatic hydroxyl groups excluding tert-OH is 1. The van der Waals surface area contributed by atoms with Crippen LogP contribution in [0.2, 0.25) is 0 Å². The Balaban J connectivity index is 2.37. The van der Waals surface area contributed by atoms with Crippen molar-refractivity contribution in [2.24, 2.45) is 0 Å². The van der Waals surface area contributed by atoms with Crippen LogP contribution < -0.4 is 0 Å². The second-order valence-corrected chi connectivity index (χ2v) is 4.47. The van der Waals surface area contributed by atoms with E-state index in [0.29, 0.717) is 0 Å². The molecule has 1 atom stereocenters. The summed E-state index contributed by atoms with van der Waals surface area (Å²) in [6, 6.07) is 7.74. The fourth-order valence-corrected chi connectivity index (χ4v) is 2.39. The lowest BCUT2D eigenvalue weighted by molar-refractivity contribution is 0.223. The largest absolute Gasteiger partial charge is 0.383 e. The quantitative estimate of drug-likeness (QED) is 0.880. The van der Waals surface area contributed by atoms with Crippen LogP contribution in [-0.2, 0) is 0 Å². The molecule has 1 aromatic carbocycles. The molecule has 2 nitrogen and oxygen atoms in total. The van der Waals surface area contributed by atoms with Crippen LogP contribution in [0, 0.1) is 6.92 Å². The number of aliphatic hydroxyl groups is 1. The molecule has 2 rings (SSSR count). The summed E-state index contributed by atoms with van der Waals surface area (Å²) >= 11 is 1.48. The topological polar surface area (TPSA) is 33.1 Å². The fraction of sp³-hybridized carbons (Fsp3) is 0.154. The van der Waals surface area contributed by atoms with Gasteiger partial charge in [-0.05, 0) is 24.1 Å². The van der Waals surface area contributed by atoms with E-state index >= 15 is 0 Å². The van der Waals surface area contributed by atoms with Gasteiger partial charge in [0.2, 0.25) is 0 Å². The van der Waals surface area contributed by atoms with Gasteiger partial charge in [0, 0.05) is 0 Å². The van der Waals surface area contributed by atoms with Crippen molar-refractivity contribution in [3.63, 3.8) is 0 Å². The SMILES string of the molecule is C=Cc1cccc(C(O)c2scnc2C)c1. The Labute approximate surface area is 98.9 Å². The highest BCUT2D eigenvalue weighted by Crippen LogP contribution is 2.28. The first-order valence-corrected chi connectivity index (χ1v) is 5.91. The number of hydrogen-bond acceptors (Lipinski definition) is 3. The molecule has 0 aliphatic rings. The molecule has 0 radical (unpaired) electrons. The molecule has 0 amide bonds. The van der Waals surface area contributed by atoms with E-state index in [2.05, 4.69) is 11.6 Å². The van der Waals surface area contributed by atoms with E-state index in [-0.39, 0.29) is 0 Å². The standard InChI is InChI=1S/C13H13NOS/c1-3-10-5-4-6-11(7-10)12(15)13-9(2)14-8-16-13/h3-8,12,15H,1H2,2H3. The molecule has 0 fully saturated rings. The number of aryl methyl sites for hydroxylation is 1. The summed E-state index contributed by atoms with van der Waals surface area (Å²) in [4.78, 5) is 5.05. The van der Waals surface area contributed by atoms with E-state index in [0.717, 1.165) is 21.7 Å². The number of benzene rings is 1. The molecular weight excluding hydrogens is 218 g/mol. The summed E-state index contributed by atoms with van der Waals surface area (Å²) in [6.45, 7) is 5.63. The van der Waals surface area contributed by atoms with Gasteiger partial charge in [0.15, 0.2) is 0 Å². The first-order chi connectivity index (χ1) is 7.72. The van der Waals surface area contributed by atoms with Crippen LogP contribution in [0.15, 0.2) is 36.4 Å². The van der Waals surface area contributed by atoms with Crippen molar-refractivity contribution in [3.8, 4) is 0 Å². The maximum atomic E-state index is 10.2. The van der Waals surface area contributed by atoms with Gasteiger partial charge in [-0.3, -0.25) is 0 Å². The number of nitrogens with zero attached hydrogens (tertiary/aromatic N) is 1. The Morgan fingerprint density at radius 1 is 1.50 bits per heavy atom. The smallest absolute Gasteiger partial charge is 0.115 e. The number of thiazole rings is 1. The van der Waals surface area contributed by atoms with Gasteiger partial charge in [0.25, 0.3) is 0 Å². The Morgan fingerprint density at radius 3 is 2.94 bits per heavy atom. The van der Waals surface area contributed by atoms with Gasteiger partial charge in [-0.15, -0.1) is 11.3 Å². The average Bonchev–Trinajstić information content (AvgIpc) is 2.74. The average molecular weight is 231 g/mol. The van der Waals surface area contributed by atoms with E-state index in [4.69, 9.17) is 0 Å². The molecule has 1 aromatic heterocycles. The van der Waals surface area contributed by atoms with Crippen molar-refractivity contribution in [1.82, 2.24) is 4.98 Å². The molecule has 16 heavy (non-hydrogen) atoms. The monoisotopic (exact) mass is 231 g/mol. The lowest BCUT2D eigenvalue weighted by Gasteiger charge is -2.10. The fourth-order valence-electron chi connectivity index (χ4n) is 1.58. The molecule has 2 aromatic rings. The Kier molecular flexibility index (Phi) is 3.17. The summed E-state index contributed by atoms with van der Waals surface area (Å²) in [5.74, 6) is 0. The molecule has 0 aliphatic heterocycles. The van der Waals surface area contributed by atoms with Gasteiger partial charge in [-0.2, -0.15) is 0 Å². The van der Waals surface area contributed by atoms with Crippen molar-refractivity contribution in [3.05, 3.63) is 58.1 Å². The zero-order valence-corrected chi connectivity index (χ0v) is 9.87. The highest BCUT2D eigenvalue weighted by Gasteiger charge is 2.14. The zero-order valence-electron chi connectivity index (χ0n) is 9.05. The van der Waals surface area contributed by atoms with Crippen LogP contribution >= 0.6 is 11.3 Å². The molecule has 1 heterocycles. The third-order valence-corrected chi connectivity index (χ3v) is 3.48. The maximum absolute atomic E-state index is 10.2. The maximum Gasteiger partial charge on any atom is 0.115 e. The Bertz CT molecular complexity index is 504. The van der Waals surface area contributed by atoms with Crippen LogP contribution in [0.25, 0.3) is 6.08 Å². The van der Waals surface area contributed by atoms with Crippen molar-refractivity contribution < 1.29 is 5.11 Å². The van der Waals surface area contributed by atoms with E-state index in [1.165, 1.54) is 11.3 Å². The summed E-state index contributed by atoms with van der Waals surface area (Å²) in [5.41, 5.74) is 4.54. The molecule has 0 bridgehead atoms. The van der Waals surface area contributed by atoms with Gasteiger partial charge >= 0.3 is 0 Å². The minimum Gasteiger partial charge on any atom is -0.383 e. The van der Waals surface area contributed by atoms with Crippen LogP contribution in [-0.4, -0.2) is 10.1 Å². The van der Waals surface area contributed by atoms with Crippen molar-refractivity contribution in [2.75, 3.05) is 0 Å². The van der Waals surface area contributed by atoms with Crippen LogP contribution in [0.1, 0.15) is 27.8 Å². The molecule has 0 saturated heterocycles. The number of rotatable bonds is 3. The van der Waals surface area contributed by atoms with E-state index < -0.39 is 6.10 Å². The van der Waals surface area contributed by atoms with Gasteiger partial charge in [-0.25, -0.2) is 4.98 Å². The minimum atomic E-state index is -0.590. The number of aromatic nitrogens is 1. The zero-order chi connectivity index (χ0) is 11.5.